The number of aliphatic hydroxyl groups is 8. The van der Waals surface area contributed by atoms with Gasteiger partial charge in [0, 0.05) is 18.6 Å². The van der Waals surface area contributed by atoms with Crippen molar-refractivity contribution >= 4 is 0 Å². The van der Waals surface area contributed by atoms with Crippen molar-refractivity contribution in [2.24, 2.45) is 5.73 Å². The molecular weight excluding hydrogens is 536 g/mol. The van der Waals surface area contributed by atoms with Gasteiger partial charge in [-0.25, -0.2) is 0 Å². The molecule has 0 spiro atoms. The fourth-order valence-corrected chi connectivity index (χ4v) is 5.58. The van der Waals surface area contributed by atoms with Crippen LogP contribution in [0, 0.1) is 0 Å². The van der Waals surface area contributed by atoms with Gasteiger partial charge in [-0.2, -0.15) is 0 Å². The molecule has 0 unspecified atom stereocenters. The van der Waals surface area contributed by atoms with Crippen molar-refractivity contribution < 1.29 is 59.8 Å². The Bertz CT molecular complexity index is 767. The van der Waals surface area contributed by atoms with Crippen molar-refractivity contribution in [3.63, 3.8) is 0 Å². The van der Waals surface area contributed by atoms with Crippen molar-refractivity contribution in [2.45, 2.75) is 111 Å². The summed E-state index contributed by atoms with van der Waals surface area (Å²) in [6.45, 7) is 3.04. The predicted molar refractivity (Wildman–Crippen MR) is 138 cm³/mol. The molecule has 16 heteroatoms. The molecule has 3 aliphatic rings. The maximum atomic E-state index is 11.5. The molecular formula is C24H48N4O12. The van der Waals surface area contributed by atoms with E-state index in [1.807, 2.05) is 6.92 Å². The fourth-order valence-electron chi connectivity index (χ4n) is 5.58. The summed E-state index contributed by atoms with van der Waals surface area (Å²) in [5, 5.41) is 92.3. The third-order valence-corrected chi connectivity index (χ3v) is 7.90. The third-order valence-electron chi connectivity index (χ3n) is 7.90. The van der Waals surface area contributed by atoms with E-state index >= 15 is 0 Å². The van der Waals surface area contributed by atoms with Crippen LogP contribution in [0.15, 0.2) is 0 Å². The minimum absolute atomic E-state index is 0.0910. The highest BCUT2D eigenvalue weighted by Gasteiger charge is 2.53. The van der Waals surface area contributed by atoms with Gasteiger partial charge in [0.25, 0.3) is 0 Å². The first-order valence-electron chi connectivity index (χ1n) is 13.7. The number of hydrogen-bond donors (Lipinski definition) is 12. The van der Waals surface area contributed by atoms with Crippen molar-refractivity contribution in [2.75, 3.05) is 40.0 Å². The number of nitrogens with one attached hydrogen (secondary N) is 3. The molecule has 2 aliphatic heterocycles. The Hall–Kier alpha value is -0.640. The molecule has 0 aromatic rings. The smallest absolute Gasteiger partial charge is 0.187 e. The van der Waals surface area contributed by atoms with E-state index in [4.69, 9.17) is 24.7 Å². The zero-order chi connectivity index (χ0) is 29.8. The lowest BCUT2D eigenvalue weighted by molar-refractivity contribution is -0.331. The quantitative estimate of drug-likeness (QED) is 0.102. The summed E-state index contributed by atoms with van der Waals surface area (Å²) in [7, 11) is 1.56. The highest BCUT2D eigenvalue weighted by atomic mass is 16.7. The van der Waals surface area contributed by atoms with E-state index in [1.165, 1.54) is 6.92 Å². The molecule has 1 saturated carbocycles. The molecule has 0 radical (unpaired) electrons. The number of aliphatic hydroxyl groups excluding tert-OH is 7. The molecule has 2 heterocycles. The van der Waals surface area contributed by atoms with Gasteiger partial charge in [0.2, 0.25) is 0 Å². The average molecular weight is 585 g/mol. The summed E-state index contributed by atoms with van der Waals surface area (Å²) in [4.78, 5) is 0. The van der Waals surface area contributed by atoms with Gasteiger partial charge in [-0.15, -0.1) is 0 Å². The lowest BCUT2D eigenvalue weighted by atomic mass is 9.83. The molecule has 14 atom stereocenters. The molecule has 0 aromatic heterocycles. The number of hydrogen-bond acceptors (Lipinski definition) is 16. The first-order chi connectivity index (χ1) is 18.9. The van der Waals surface area contributed by atoms with Crippen molar-refractivity contribution in [1.82, 2.24) is 16.0 Å². The van der Waals surface area contributed by atoms with Crippen LogP contribution in [0.4, 0.5) is 0 Å². The molecule has 1 aliphatic carbocycles. The van der Waals surface area contributed by atoms with Crippen molar-refractivity contribution in [3.8, 4) is 0 Å². The maximum Gasteiger partial charge on any atom is 0.187 e. The van der Waals surface area contributed by atoms with Crippen LogP contribution in [-0.2, 0) is 18.9 Å². The summed E-state index contributed by atoms with van der Waals surface area (Å²) in [6, 6.07) is -3.24. The van der Waals surface area contributed by atoms with Crippen LogP contribution in [0.1, 0.15) is 20.3 Å². The Kier molecular flexibility index (Phi) is 12.4. The largest absolute Gasteiger partial charge is 0.395 e. The van der Waals surface area contributed by atoms with E-state index in [-0.39, 0.29) is 19.6 Å². The average Bonchev–Trinajstić information content (AvgIpc) is 2.91. The van der Waals surface area contributed by atoms with Crippen molar-refractivity contribution in [3.05, 3.63) is 0 Å². The van der Waals surface area contributed by atoms with Gasteiger partial charge in [-0.1, -0.05) is 6.92 Å². The minimum Gasteiger partial charge on any atom is -0.395 e. The highest BCUT2D eigenvalue weighted by molar-refractivity contribution is 5.03. The molecule has 0 amide bonds. The zero-order valence-corrected chi connectivity index (χ0v) is 23.1. The van der Waals surface area contributed by atoms with Crippen LogP contribution in [0.5, 0.6) is 0 Å². The van der Waals surface area contributed by atoms with Gasteiger partial charge in [-0.05, 0) is 26.9 Å². The Labute approximate surface area is 233 Å². The van der Waals surface area contributed by atoms with Gasteiger partial charge >= 0.3 is 0 Å². The molecule has 3 rings (SSSR count). The minimum atomic E-state index is -1.65. The summed E-state index contributed by atoms with van der Waals surface area (Å²) < 4.78 is 23.3. The van der Waals surface area contributed by atoms with E-state index in [0.717, 1.165) is 0 Å². The summed E-state index contributed by atoms with van der Waals surface area (Å²) >= 11 is 0. The van der Waals surface area contributed by atoms with Gasteiger partial charge in [0.05, 0.1) is 31.9 Å². The van der Waals surface area contributed by atoms with Gasteiger partial charge in [-0.3, -0.25) is 0 Å². The Morgan fingerprint density at radius 3 is 2.20 bits per heavy atom. The maximum absolute atomic E-state index is 11.5. The molecule has 40 heavy (non-hydrogen) atoms. The zero-order valence-electron chi connectivity index (χ0n) is 23.1. The van der Waals surface area contributed by atoms with Crippen LogP contribution >= 0.6 is 0 Å². The molecule has 2 saturated heterocycles. The molecule has 0 aromatic carbocycles. The second kappa shape index (κ2) is 14.7. The summed E-state index contributed by atoms with van der Waals surface area (Å²) in [6.07, 6.45) is -13.5. The van der Waals surface area contributed by atoms with E-state index < -0.39 is 104 Å². The van der Waals surface area contributed by atoms with Crippen molar-refractivity contribution in [1.29, 1.82) is 0 Å². The number of rotatable bonds is 12. The normalized spacial score (nSPS) is 46.6. The molecule has 0 bridgehead atoms. The second-order valence-corrected chi connectivity index (χ2v) is 11.0. The second-order valence-electron chi connectivity index (χ2n) is 11.0. The van der Waals surface area contributed by atoms with Crippen LogP contribution < -0.4 is 21.7 Å². The number of ether oxygens (including phenoxy) is 4. The molecule has 3 fully saturated rings. The van der Waals surface area contributed by atoms with E-state index in [2.05, 4.69) is 16.0 Å². The van der Waals surface area contributed by atoms with E-state index in [9.17, 15) is 40.9 Å². The predicted octanol–water partition coefficient (Wildman–Crippen LogP) is -6.37. The van der Waals surface area contributed by atoms with Crippen LogP contribution in [-0.4, -0.2) is 172 Å². The topological polar surface area (TPSA) is 261 Å². The van der Waals surface area contributed by atoms with Gasteiger partial charge < -0.3 is 81.5 Å². The van der Waals surface area contributed by atoms with Crippen LogP contribution in [0.2, 0.25) is 0 Å². The Balaban J connectivity index is 1.82. The monoisotopic (exact) mass is 584 g/mol. The Morgan fingerprint density at radius 2 is 1.60 bits per heavy atom. The lowest BCUT2D eigenvalue weighted by Gasteiger charge is -2.50. The molecule has 16 nitrogen and oxygen atoms in total. The number of likely N-dealkylation sites (N-methyl/N-ethyl adjacent to an activating group) is 2. The van der Waals surface area contributed by atoms with E-state index in [0.29, 0.717) is 6.54 Å². The van der Waals surface area contributed by atoms with Gasteiger partial charge in [0.15, 0.2) is 12.6 Å². The number of nitrogens with two attached hydrogens (primary N) is 1. The standard InChI is InChI=1S/C24H48N4O12/c1-4-27-6-13-14(31)15(32)16(33)23(38-13)39-19-11(25)5-12(28-10(7-29)8-30)20(17(19)34)40-22-18(35)21(26-3)24(2,36)9-37-22/h10-23,26-36H,4-9,25H2,1-3H3/t11-,12+,13+,14+,15-,16+,17-,18+,19+,20-,21+,22+,23+,24-/m0/s1. The van der Waals surface area contributed by atoms with Gasteiger partial charge in [0.1, 0.15) is 54.4 Å². The Morgan fingerprint density at radius 1 is 0.950 bits per heavy atom. The lowest BCUT2D eigenvalue weighted by Crippen LogP contribution is -2.70. The molecule has 236 valence electrons. The third kappa shape index (κ3) is 7.46. The van der Waals surface area contributed by atoms with Crippen LogP contribution in [0.3, 0.4) is 0 Å². The first-order valence-corrected chi connectivity index (χ1v) is 13.7. The van der Waals surface area contributed by atoms with E-state index in [1.54, 1.807) is 7.05 Å². The summed E-state index contributed by atoms with van der Waals surface area (Å²) in [5.41, 5.74) is 4.96. The van der Waals surface area contributed by atoms with Crippen LogP contribution in [0.25, 0.3) is 0 Å². The molecule has 13 N–H and O–H groups in total. The SMILES string of the molecule is CCNC[C@H]1O[C@H](O[C@H]2[C@H](O)[C@@H](O[C@H]3OC[C@](C)(O)[C@H](NC)[C@H]3O)[C@H](NC(CO)CO)C[C@@H]2N)[C@H](O)[C@@H](O)[C@@H]1O. The first kappa shape index (κ1) is 33.9. The highest BCUT2D eigenvalue weighted by Crippen LogP contribution is 2.32. The fraction of sp³-hybridized carbons (Fsp3) is 1.00. The summed E-state index contributed by atoms with van der Waals surface area (Å²) in [5.74, 6) is 0.